The number of aromatic nitrogens is 2. The van der Waals surface area contributed by atoms with Gasteiger partial charge in [0.2, 0.25) is 0 Å². The molecule has 0 unspecified atom stereocenters. The average Bonchev–Trinajstić information content (AvgIpc) is 3.13. The second-order valence-corrected chi connectivity index (χ2v) is 6.47. The monoisotopic (exact) mass is 366 g/mol. The van der Waals surface area contributed by atoms with Gasteiger partial charge in [-0.15, -0.1) is 5.92 Å². The van der Waals surface area contributed by atoms with E-state index in [1.165, 1.54) is 0 Å². The topological polar surface area (TPSA) is 55.1 Å². The first kappa shape index (κ1) is 17.6. The molecule has 0 saturated heterocycles. The highest BCUT2D eigenvalue weighted by Crippen LogP contribution is 2.24. The molecule has 4 rings (SSSR count). The first-order chi connectivity index (χ1) is 13.7. The van der Waals surface area contributed by atoms with Crippen molar-refractivity contribution in [2.45, 2.75) is 13.5 Å². The van der Waals surface area contributed by atoms with Gasteiger partial charge in [0.05, 0.1) is 23.8 Å². The summed E-state index contributed by atoms with van der Waals surface area (Å²) in [6.45, 7) is 2.25. The van der Waals surface area contributed by atoms with Crippen LogP contribution in [0.2, 0.25) is 0 Å². The number of benzene rings is 3. The maximum atomic E-state index is 11.7. The Kier molecular flexibility index (Phi) is 4.65. The first-order valence-electron chi connectivity index (χ1n) is 8.96. The van der Waals surface area contributed by atoms with E-state index in [1.54, 1.807) is 29.9 Å². The lowest BCUT2D eigenvalue weighted by atomic mass is 10.0. The molecule has 0 saturated carbocycles. The summed E-state index contributed by atoms with van der Waals surface area (Å²) in [4.78, 5) is 11.7. The van der Waals surface area contributed by atoms with Gasteiger partial charge >= 0.3 is 5.97 Å². The number of hydrogen-bond donors (Lipinski definition) is 1. The zero-order chi connectivity index (χ0) is 19.5. The smallest absolute Gasteiger partial charge is 0.337 e. The van der Waals surface area contributed by atoms with Crippen LogP contribution in [0.1, 0.15) is 28.4 Å². The molecule has 1 heterocycles. The van der Waals surface area contributed by atoms with Gasteiger partial charge in [0.15, 0.2) is 0 Å². The average molecular weight is 366 g/mol. The summed E-state index contributed by atoms with van der Waals surface area (Å²) in [7, 11) is 0. The van der Waals surface area contributed by atoms with Crippen LogP contribution in [-0.2, 0) is 6.54 Å². The fourth-order valence-corrected chi connectivity index (χ4v) is 3.34. The largest absolute Gasteiger partial charge is 0.478 e. The molecule has 0 aliphatic rings. The first-order valence-corrected chi connectivity index (χ1v) is 8.96. The number of carboxylic acid groups (broad SMARTS) is 1. The lowest BCUT2D eigenvalue weighted by Crippen LogP contribution is -2.06. The Hall–Kier alpha value is -3.84. The molecular weight excluding hydrogens is 348 g/mol. The van der Waals surface area contributed by atoms with Gasteiger partial charge < -0.3 is 5.11 Å². The lowest BCUT2D eigenvalue weighted by molar-refractivity contribution is 0.0698. The van der Waals surface area contributed by atoms with E-state index >= 15 is 0 Å². The van der Waals surface area contributed by atoms with Crippen molar-refractivity contribution in [2.24, 2.45) is 0 Å². The Balaban J connectivity index is 1.72. The predicted octanol–water partition coefficient (Wildman–Crippen LogP) is 4.82. The van der Waals surface area contributed by atoms with Crippen LogP contribution in [0.25, 0.3) is 22.0 Å². The van der Waals surface area contributed by atoms with Crippen LogP contribution in [0.3, 0.4) is 0 Å². The van der Waals surface area contributed by atoms with Crippen molar-refractivity contribution in [3.05, 3.63) is 89.6 Å². The standard InChI is InChI=1S/C24H18N2O2/c1-2-6-20-13-14-21(24(27)28)23-22(20)15-25-26(23)16-17-9-11-19(12-10-17)18-7-4-3-5-8-18/h3-5,7-15H,16H2,1H3,(H,27,28). The Morgan fingerprint density at radius 3 is 2.39 bits per heavy atom. The highest BCUT2D eigenvalue weighted by Gasteiger charge is 2.16. The van der Waals surface area contributed by atoms with Crippen molar-refractivity contribution in [2.75, 3.05) is 0 Å². The van der Waals surface area contributed by atoms with E-state index in [9.17, 15) is 9.90 Å². The van der Waals surface area contributed by atoms with Crippen molar-refractivity contribution in [1.82, 2.24) is 9.78 Å². The molecule has 0 radical (unpaired) electrons. The van der Waals surface area contributed by atoms with Crippen molar-refractivity contribution in [3.63, 3.8) is 0 Å². The van der Waals surface area contributed by atoms with Crippen LogP contribution in [0.5, 0.6) is 0 Å². The molecule has 0 bridgehead atoms. The summed E-state index contributed by atoms with van der Waals surface area (Å²) in [5.41, 5.74) is 4.96. The zero-order valence-corrected chi connectivity index (χ0v) is 15.4. The molecule has 136 valence electrons. The van der Waals surface area contributed by atoms with Gasteiger partial charge in [0.1, 0.15) is 0 Å². The molecule has 4 aromatic rings. The summed E-state index contributed by atoms with van der Waals surface area (Å²) < 4.78 is 1.73. The Morgan fingerprint density at radius 1 is 1.00 bits per heavy atom. The molecule has 0 atom stereocenters. The summed E-state index contributed by atoms with van der Waals surface area (Å²) >= 11 is 0. The Labute approximate surface area is 163 Å². The summed E-state index contributed by atoms with van der Waals surface area (Å²) in [5, 5.41) is 14.8. The highest BCUT2D eigenvalue weighted by molar-refractivity contribution is 6.03. The minimum atomic E-state index is -0.970. The third-order valence-electron chi connectivity index (χ3n) is 4.68. The lowest BCUT2D eigenvalue weighted by Gasteiger charge is -2.08. The van der Waals surface area contributed by atoms with Crippen molar-refractivity contribution in [1.29, 1.82) is 0 Å². The summed E-state index contributed by atoms with van der Waals surface area (Å²) in [6.07, 6.45) is 1.69. The third-order valence-corrected chi connectivity index (χ3v) is 4.68. The van der Waals surface area contributed by atoms with Gasteiger partial charge in [0, 0.05) is 10.9 Å². The molecule has 0 amide bonds. The molecule has 1 N–H and O–H groups in total. The minimum absolute atomic E-state index is 0.232. The number of carboxylic acids is 1. The summed E-state index contributed by atoms with van der Waals surface area (Å²) in [6, 6.07) is 21.8. The molecule has 28 heavy (non-hydrogen) atoms. The molecule has 3 aromatic carbocycles. The maximum Gasteiger partial charge on any atom is 0.337 e. The van der Waals surface area contributed by atoms with E-state index in [1.807, 2.05) is 30.3 Å². The number of fused-ring (bicyclic) bond motifs is 1. The van der Waals surface area contributed by atoms with Gasteiger partial charge in [-0.1, -0.05) is 60.5 Å². The Morgan fingerprint density at radius 2 is 1.71 bits per heavy atom. The molecule has 0 aliphatic carbocycles. The molecular formula is C24H18N2O2. The number of rotatable bonds is 4. The number of aromatic carboxylic acids is 1. The van der Waals surface area contributed by atoms with E-state index in [0.717, 1.165) is 27.6 Å². The molecule has 4 heteroatoms. The molecule has 4 nitrogen and oxygen atoms in total. The Bertz CT molecular complexity index is 1210. The fraction of sp³-hybridized carbons (Fsp3) is 0.0833. The van der Waals surface area contributed by atoms with E-state index in [0.29, 0.717) is 12.1 Å². The number of hydrogen-bond acceptors (Lipinski definition) is 2. The molecule has 0 spiro atoms. The number of nitrogens with zero attached hydrogens (tertiary/aromatic N) is 2. The van der Waals surface area contributed by atoms with Crippen LogP contribution in [0, 0.1) is 11.8 Å². The maximum absolute atomic E-state index is 11.7. The van der Waals surface area contributed by atoms with E-state index in [2.05, 4.69) is 41.2 Å². The van der Waals surface area contributed by atoms with E-state index in [-0.39, 0.29) is 5.56 Å². The second-order valence-electron chi connectivity index (χ2n) is 6.47. The normalized spacial score (nSPS) is 10.5. The van der Waals surface area contributed by atoms with Crippen molar-refractivity contribution >= 4 is 16.9 Å². The minimum Gasteiger partial charge on any atom is -0.478 e. The van der Waals surface area contributed by atoms with Crippen molar-refractivity contribution < 1.29 is 9.90 Å². The van der Waals surface area contributed by atoms with Crippen LogP contribution >= 0.6 is 0 Å². The SMILES string of the molecule is CC#Cc1ccc(C(=O)O)c2c1cnn2Cc1ccc(-c2ccccc2)cc1. The van der Waals surface area contributed by atoms with Gasteiger partial charge in [-0.2, -0.15) is 5.10 Å². The van der Waals surface area contributed by atoms with E-state index in [4.69, 9.17) is 0 Å². The van der Waals surface area contributed by atoms with Gasteiger partial charge in [-0.05, 0) is 35.7 Å². The number of carbonyl (C=O) groups is 1. The van der Waals surface area contributed by atoms with Crippen LogP contribution in [-0.4, -0.2) is 20.9 Å². The van der Waals surface area contributed by atoms with Gasteiger partial charge in [0.25, 0.3) is 0 Å². The predicted molar refractivity (Wildman–Crippen MR) is 110 cm³/mol. The van der Waals surface area contributed by atoms with E-state index < -0.39 is 5.97 Å². The molecule has 1 aromatic heterocycles. The molecule has 0 aliphatic heterocycles. The van der Waals surface area contributed by atoms with Crippen molar-refractivity contribution in [3.8, 4) is 23.0 Å². The van der Waals surface area contributed by atoms with Crippen LogP contribution < -0.4 is 0 Å². The second kappa shape index (κ2) is 7.42. The summed E-state index contributed by atoms with van der Waals surface area (Å²) in [5.74, 6) is 4.92. The van der Waals surface area contributed by atoms with Crippen LogP contribution in [0.15, 0.2) is 72.9 Å². The van der Waals surface area contributed by atoms with Gasteiger partial charge in [-0.3, -0.25) is 4.68 Å². The molecule has 0 fully saturated rings. The third kappa shape index (κ3) is 3.26. The van der Waals surface area contributed by atoms with Gasteiger partial charge in [-0.25, -0.2) is 4.79 Å². The fourth-order valence-electron chi connectivity index (χ4n) is 3.34. The zero-order valence-electron chi connectivity index (χ0n) is 15.4. The highest BCUT2D eigenvalue weighted by atomic mass is 16.4. The van der Waals surface area contributed by atoms with Crippen LogP contribution in [0.4, 0.5) is 0 Å². The quantitative estimate of drug-likeness (QED) is 0.527.